The lowest BCUT2D eigenvalue weighted by atomic mass is 9.90. The van der Waals surface area contributed by atoms with Crippen LogP contribution in [0.1, 0.15) is 31.5 Å². The lowest BCUT2D eigenvalue weighted by molar-refractivity contribution is -0.120. The highest BCUT2D eigenvalue weighted by Gasteiger charge is 2.26. The summed E-state index contributed by atoms with van der Waals surface area (Å²) in [4.78, 5) is 19.5. The largest absolute Gasteiger partial charge is 0.358 e. The van der Waals surface area contributed by atoms with E-state index < -0.39 is 0 Å². The van der Waals surface area contributed by atoms with Crippen LogP contribution in [0.2, 0.25) is 0 Å². The molecular formula is C19H27N3O. The van der Waals surface area contributed by atoms with Crippen molar-refractivity contribution in [1.29, 1.82) is 0 Å². The van der Waals surface area contributed by atoms with Gasteiger partial charge >= 0.3 is 0 Å². The van der Waals surface area contributed by atoms with Gasteiger partial charge in [0.2, 0.25) is 6.41 Å². The van der Waals surface area contributed by atoms with Crippen molar-refractivity contribution in [2.45, 2.75) is 39.2 Å². The van der Waals surface area contributed by atoms with E-state index in [9.17, 15) is 4.79 Å². The van der Waals surface area contributed by atoms with Gasteiger partial charge in [0.1, 0.15) is 0 Å². The molecule has 0 bridgehead atoms. The zero-order valence-electron chi connectivity index (χ0n) is 14.2. The van der Waals surface area contributed by atoms with Gasteiger partial charge in [-0.25, -0.2) is 0 Å². The number of hydrogen-bond donors (Lipinski definition) is 1. The first-order chi connectivity index (χ1) is 11.3. The fourth-order valence-electron chi connectivity index (χ4n) is 3.75. The minimum absolute atomic E-state index is 0.328. The summed E-state index contributed by atoms with van der Waals surface area (Å²) in [5.41, 5.74) is 3.99. The first-order valence-electron chi connectivity index (χ1n) is 8.78. The standard InChI is InChI=1S/C19H27N3O/c1-3-21(4-2)11-12-22(14-23)15-9-10-19-17(13-15)16-7-5-6-8-18(16)20-19/h5-8,14-15,20H,3-4,9-13H2,1-2H3. The number of nitrogens with zero attached hydrogens (tertiary/aromatic N) is 2. The molecule has 0 saturated carbocycles. The summed E-state index contributed by atoms with van der Waals surface area (Å²) in [6.45, 7) is 8.22. The number of nitrogens with one attached hydrogen (secondary N) is 1. The van der Waals surface area contributed by atoms with E-state index in [-0.39, 0.29) is 0 Å². The van der Waals surface area contributed by atoms with E-state index in [1.807, 2.05) is 4.90 Å². The number of carbonyl (C=O) groups excluding carboxylic acids is 1. The number of amides is 1. The summed E-state index contributed by atoms with van der Waals surface area (Å²) < 4.78 is 0. The van der Waals surface area contributed by atoms with Crippen LogP contribution >= 0.6 is 0 Å². The molecule has 124 valence electrons. The van der Waals surface area contributed by atoms with Crippen molar-refractivity contribution in [2.24, 2.45) is 0 Å². The molecule has 1 aromatic carbocycles. The Balaban J connectivity index is 1.73. The van der Waals surface area contributed by atoms with E-state index in [1.165, 1.54) is 22.2 Å². The van der Waals surface area contributed by atoms with Crippen molar-refractivity contribution in [3.05, 3.63) is 35.5 Å². The highest BCUT2D eigenvalue weighted by Crippen LogP contribution is 2.30. The molecule has 1 amide bonds. The van der Waals surface area contributed by atoms with Gasteiger partial charge in [-0.05, 0) is 44.0 Å². The van der Waals surface area contributed by atoms with Gasteiger partial charge in [0, 0.05) is 35.7 Å². The zero-order valence-corrected chi connectivity index (χ0v) is 14.2. The number of aromatic amines is 1. The minimum Gasteiger partial charge on any atom is -0.358 e. The molecule has 1 heterocycles. The number of carbonyl (C=O) groups is 1. The number of hydrogen-bond acceptors (Lipinski definition) is 2. The van der Waals surface area contributed by atoms with Gasteiger partial charge in [0.15, 0.2) is 0 Å². The molecule has 3 rings (SSSR count). The normalized spacial score (nSPS) is 17.4. The summed E-state index contributed by atoms with van der Waals surface area (Å²) in [6, 6.07) is 8.82. The monoisotopic (exact) mass is 313 g/mol. The molecule has 0 fully saturated rings. The summed E-state index contributed by atoms with van der Waals surface area (Å²) in [7, 11) is 0. The number of aromatic nitrogens is 1. The fourth-order valence-corrected chi connectivity index (χ4v) is 3.75. The van der Waals surface area contributed by atoms with Crippen LogP contribution in [0.4, 0.5) is 0 Å². The van der Waals surface area contributed by atoms with E-state index in [4.69, 9.17) is 0 Å². The quantitative estimate of drug-likeness (QED) is 0.798. The lowest BCUT2D eigenvalue weighted by Gasteiger charge is -2.33. The van der Waals surface area contributed by atoms with Gasteiger partial charge in [-0.15, -0.1) is 0 Å². The maximum absolute atomic E-state index is 11.6. The van der Waals surface area contributed by atoms with Gasteiger partial charge < -0.3 is 14.8 Å². The molecule has 1 N–H and O–H groups in total. The van der Waals surface area contributed by atoms with E-state index >= 15 is 0 Å². The van der Waals surface area contributed by atoms with E-state index in [0.29, 0.717) is 6.04 Å². The Kier molecular flexibility index (Phi) is 5.01. The average molecular weight is 313 g/mol. The Labute approximate surface area is 138 Å². The molecule has 0 radical (unpaired) electrons. The fraction of sp³-hybridized carbons (Fsp3) is 0.526. The first kappa shape index (κ1) is 16.1. The predicted molar refractivity (Wildman–Crippen MR) is 94.7 cm³/mol. The number of fused-ring (bicyclic) bond motifs is 3. The second-order valence-electron chi connectivity index (χ2n) is 6.39. The van der Waals surface area contributed by atoms with Gasteiger partial charge in [-0.1, -0.05) is 32.0 Å². The number of H-pyrrole nitrogens is 1. The molecular weight excluding hydrogens is 286 g/mol. The predicted octanol–water partition coefficient (Wildman–Crippen LogP) is 2.83. The third-order valence-electron chi connectivity index (χ3n) is 5.24. The van der Waals surface area contributed by atoms with Gasteiger partial charge in [-0.3, -0.25) is 4.79 Å². The molecule has 0 aliphatic heterocycles. The van der Waals surface area contributed by atoms with Crippen LogP contribution < -0.4 is 0 Å². The molecule has 2 aromatic rings. The minimum atomic E-state index is 0.328. The van der Waals surface area contributed by atoms with Crippen molar-refractivity contribution >= 4 is 17.3 Å². The second kappa shape index (κ2) is 7.18. The van der Waals surface area contributed by atoms with Crippen LogP contribution in [0.3, 0.4) is 0 Å². The summed E-state index contributed by atoms with van der Waals surface area (Å²) in [5.74, 6) is 0. The SMILES string of the molecule is CCN(CC)CCN(C=O)C1CCc2[nH]c3ccccc3c2C1. The highest BCUT2D eigenvalue weighted by molar-refractivity contribution is 5.85. The van der Waals surface area contributed by atoms with Crippen molar-refractivity contribution in [3.63, 3.8) is 0 Å². The molecule has 4 heteroatoms. The zero-order chi connectivity index (χ0) is 16.2. The van der Waals surface area contributed by atoms with Crippen molar-refractivity contribution in [3.8, 4) is 0 Å². The summed E-state index contributed by atoms with van der Waals surface area (Å²) >= 11 is 0. The van der Waals surface area contributed by atoms with Crippen LogP contribution in [0.15, 0.2) is 24.3 Å². The molecule has 4 nitrogen and oxygen atoms in total. The maximum Gasteiger partial charge on any atom is 0.210 e. The molecule has 1 unspecified atom stereocenters. The summed E-state index contributed by atoms with van der Waals surface area (Å²) in [5, 5.41) is 1.32. The van der Waals surface area contributed by atoms with Gasteiger partial charge in [-0.2, -0.15) is 0 Å². The number of para-hydroxylation sites is 1. The van der Waals surface area contributed by atoms with Crippen molar-refractivity contribution in [2.75, 3.05) is 26.2 Å². The summed E-state index contributed by atoms with van der Waals surface area (Å²) in [6.07, 6.45) is 4.10. The van der Waals surface area contributed by atoms with Gasteiger partial charge in [0.05, 0.1) is 0 Å². The molecule has 1 atom stereocenters. The van der Waals surface area contributed by atoms with E-state index in [0.717, 1.165) is 51.9 Å². The van der Waals surface area contributed by atoms with Crippen LogP contribution in [-0.4, -0.2) is 53.4 Å². The third-order valence-corrected chi connectivity index (χ3v) is 5.24. The Morgan fingerprint density at radius 1 is 1.22 bits per heavy atom. The Hall–Kier alpha value is -1.81. The Bertz CT molecular complexity index is 660. The van der Waals surface area contributed by atoms with E-state index in [2.05, 4.69) is 48.0 Å². The molecule has 1 aliphatic carbocycles. The number of rotatable bonds is 7. The molecule has 23 heavy (non-hydrogen) atoms. The second-order valence-corrected chi connectivity index (χ2v) is 6.39. The van der Waals surface area contributed by atoms with Gasteiger partial charge in [0.25, 0.3) is 0 Å². The highest BCUT2D eigenvalue weighted by atomic mass is 16.1. The third kappa shape index (κ3) is 3.27. The van der Waals surface area contributed by atoms with Crippen LogP contribution in [0, 0.1) is 0 Å². The van der Waals surface area contributed by atoms with Crippen LogP contribution in [0.25, 0.3) is 10.9 Å². The number of aryl methyl sites for hydroxylation is 1. The molecule has 1 aliphatic rings. The number of benzene rings is 1. The van der Waals surface area contributed by atoms with Crippen molar-refractivity contribution < 1.29 is 4.79 Å². The topological polar surface area (TPSA) is 39.3 Å². The Morgan fingerprint density at radius 3 is 2.74 bits per heavy atom. The van der Waals surface area contributed by atoms with Crippen LogP contribution in [0.5, 0.6) is 0 Å². The van der Waals surface area contributed by atoms with Crippen molar-refractivity contribution in [1.82, 2.24) is 14.8 Å². The Morgan fingerprint density at radius 2 is 2.00 bits per heavy atom. The molecule has 0 saturated heterocycles. The first-order valence-corrected chi connectivity index (χ1v) is 8.78. The molecule has 1 aromatic heterocycles. The lowest BCUT2D eigenvalue weighted by Crippen LogP contribution is -2.42. The molecule has 0 spiro atoms. The maximum atomic E-state index is 11.6. The number of likely N-dealkylation sites (N-methyl/N-ethyl adjacent to an activating group) is 1. The average Bonchev–Trinajstić information content (AvgIpc) is 2.97. The van der Waals surface area contributed by atoms with Crippen LogP contribution in [-0.2, 0) is 17.6 Å². The smallest absolute Gasteiger partial charge is 0.210 e. The van der Waals surface area contributed by atoms with E-state index in [1.54, 1.807) is 0 Å².